The molecule has 0 fully saturated rings. The van der Waals surface area contributed by atoms with Crippen LogP contribution >= 0.6 is 11.3 Å². The third-order valence-electron chi connectivity index (χ3n) is 2.36. The second-order valence-electron chi connectivity index (χ2n) is 3.32. The minimum Gasteiger partial charge on any atom is -0.469 e. The molecule has 0 bridgehead atoms. The molecule has 2 aromatic heterocycles. The van der Waals surface area contributed by atoms with Crippen molar-refractivity contribution in [3.63, 3.8) is 0 Å². The lowest BCUT2D eigenvalue weighted by atomic mass is 10.1. The highest BCUT2D eigenvalue weighted by Crippen LogP contribution is 2.23. The predicted octanol–water partition coefficient (Wildman–Crippen LogP) is 1.79. The summed E-state index contributed by atoms with van der Waals surface area (Å²) in [5.74, 6) is 6.45. The number of nitrogens with one attached hydrogen (secondary N) is 1. The fourth-order valence-electron chi connectivity index (χ4n) is 1.56. The molecule has 3 N–H and O–H groups in total. The molecule has 0 aliphatic carbocycles. The molecule has 15 heavy (non-hydrogen) atoms. The number of nitrogens with two attached hydrogens (primary N) is 1. The van der Waals surface area contributed by atoms with Crippen molar-refractivity contribution in [2.24, 2.45) is 5.84 Å². The van der Waals surface area contributed by atoms with Crippen molar-refractivity contribution in [3.05, 3.63) is 40.2 Å². The zero-order valence-corrected chi connectivity index (χ0v) is 9.25. The minimum atomic E-state index is 0.0872. The van der Waals surface area contributed by atoms with E-state index >= 15 is 0 Å². The molecular weight excluding hydrogens is 210 g/mol. The fourth-order valence-corrected chi connectivity index (χ4v) is 2.20. The van der Waals surface area contributed by atoms with Gasteiger partial charge in [0.25, 0.3) is 0 Å². The number of aryl methyl sites for hydroxylation is 1. The van der Waals surface area contributed by atoms with E-state index in [0.717, 1.165) is 17.7 Å². The zero-order valence-electron chi connectivity index (χ0n) is 8.43. The van der Waals surface area contributed by atoms with Crippen molar-refractivity contribution >= 4 is 11.3 Å². The van der Waals surface area contributed by atoms with Gasteiger partial charge < -0.3 is 4.42 Å². The Morgan fingerprint density at radius 3 is 3.07 bits per heavy atom. The molecule has 0 saturated heterocycles. The van der Waals surface area contributed by atoms with Gasteiger partial charge in [0.1, 0.15) is 5.76 Å². The Morgan fingerprint density at radius 1 is 1.67 bits per heavy atom. The Hall–Kier alpha value is -1.17. The highest BCUT2D eigenvalue weighted by molar-refractivity contribution is 7.09. The number of furan rings is 1. The number of rotatable bonds is 4. The van der Waals surface area contributed by atoms with Crippen LogP contribution in [0.3, 0.4) is 0 Å². The predicted molar refractivity (Wildman–Crippen MR) is 59.3 cm³/mol. The quantitative estimate of drug-likeness (QED) is 0.612. The van der Waals surface area contributed by atoms with E-state index in [1.807, 2.05) is 24.7 Å². The van der Waals surface area contributed by atoms with Crippen LogP contribution < -0.4 is 11.3 Å². The Balaban J connectivity index is 2.15. The lowest BCUT2D eigenvalue weighted by molar-refractivity contribution is 0.503. The smallest absolute Gasteiger partial charge is 0.105 e. The Morgan fingerprint density at radius 2 is 2.53 bits per heavy atom. The maximum atomic E-state index is 5.54. The molecule has 2 rings (SSSR count). The number of aromatic nitrogens is 1. The first-order chi connectivity index (χ1) is 7.31. The highest BCUT2D eigenvalue weighted by atomic mass is 32.1. The van der Waals surface area contributed by atoms with Gasteiger partial charge in [-0.25, -0.2) is 0 Å². The Bertz CT molecular complexity index is 410. The van der Waals surface area contributed by atoms with E-state index in [4.69, 9.17) is 10.3 Å². The molecule has 2 aromatic rings. The summed E-state index contributed by atoms with van der Waals surface area (Å²) >= 11 is 1.63. The summed E-state index contributed by atoms with van der Waals surface area (Å²) in [6.07, 6.45) is 4.38. The second kappa shape index (κ2) is 4.57. The SMILES string of the molecule is Cc1occc1C(Cc1cncs1)NN. The van der Waals surface area contributed by atoms with Gasteiger partial charge >= 0.3 is 0 Å². The van der Waals surface area contributed by atoms with E-state index in [-0.39, 0.29) is 6.04 Å². The van der Waals surface area contributed by atoms with Crippen molar-refractivity contribution < 1.29 is 4.42 Å². The standard InChI is InChI=1S/C10H13N3OS/c1-7-9(2-3-14-7)10(13-11)4-8-5-12-6-15-8/h2-3,5-6,10,13H,4,11H2,1H3. The van der Waals surface area contributed by atoms with E-state index in [1.54, 1.807) is 17.6 Å². The third kappa shape index (κ3) is 2.26. The van der Waals surface area contributed by atoms with Gasteiger partial charge in [-0.15, -0.1) is 11.3 Å². The summed E-state index contributed by atoms with van der Waals surface area (Å²) < 4.78 is 5.26. The van der Waals surface area contributed by atoms with Crippen LogP contribution in [0.1, 0.15) is 22.2 Å². The van der Waals surface area contributed by atoms with E-state index < -0.39 is 0 Å². The van der Waals surface area contributed by atoms with Crippen LogP contribution in [0.2, 0.25) is 0 Å². The summed E-state index contributed by atoms with van der Waals surface area (Å²) in [5.41, 5.74) is 5.73. The second-order valence-corrected chi connectivity index (χ2v) is 4.29. The van der Waals surface area contributed by atoms with E-state index in [0.29, 0.717) is 0 Å². The lowest BCUT2D eigenvalue weighted by Gasteiger charge is -2.13. The normalized spacial score (nSPS) is 12.9. The molecule has 2 heterocycles. The fraction of sp³-hybridized carbons (Fsp3) is 0.300. The molecule has 0 saturated carbocycles. The molecule has 0 spiro atoms. The summed E-state index contributed by atoms with van der Waals surface area (Å²) in [6.45, 7) is 1.94. The molecule has 0 aliphatic heterocycles. The molecule has 4 nitrogen and oxygen atoms in total. The summed E-state index contributed by atoms with van der Waals surface area (Å²) in [4.78, 5) is 5.25. The molecule has 80 valence electrons. The number of hydrogen-bond acceptors (Lipinski definition) is 5. The lowest BCUT2D eigenvalue weighted by Crippen LogP contribution is -2.29. The zero-order chi connectivity index (χ0) is 10.7. The monoisotopic (exact) mass is 223 g/mol. The van der Waals surface area contributed by atoms with Crippen LogP contribution in [-0.4, -0.2) is 4.98 Å². The third-order valence-corrected chi connectivity index (χ3v) is 3.17. The van der Waals surface area contributed by atoms with Crippen LogP contribution in [0, 0.1) is 6.92 Å². The Kier molecular flexibility index (Phi) is 3.15. The van der Waals surface area contributed by atoms with Gasteiger partial charge in [-0.2, -0.15) is 0 Å². The van der Waals surface area contributed by atoms with Gasteiger partial charge in [0.15, 0.2) is 0 Å². The molecule has 0 aromatic carbocycles. The van der Waals surface area contributed by atoms with Crippen LogP contribution in [-0.2, 0) is 6.42 Å². The molecule has 1 unspecified atom stereocenters. The topological polar surface area (TPSA) is 64.1 Å². The van der Waals surface area contributed by atoms with Crippen molar-refractivity contribution in [2.75, 3.05) is 0 Å². The largest absolute Gasteiger partial charge is 0.469 e. The molecule has 5 heteroatoms. The van der Waals surface area contributed by atoms with Gasteiger partial charge in [0.05, 0.1) is 17.8 Å². The molecular formula is C10H13N3OS. The van der Waals surface area contributed by atoms with Gasteiger partial charge in [-0.3, -0.25) is 16.3 Å². The maximum Gasteiger partial charge on any atom is 0.105 e. The molecule has 0 amide bonds. The number of nitrogens with zero attached hydrogens (tertiary/aromatic N) is 1. The van der Waals surface area contributed by atoms with Crippen LogP contribution in [0.5, 0.6) is 0 Å². The van der Waals surface area contributed by atoms with E-state index in [2.05, 4.69) is 10.4 Å². The van der Waals surface area contributed by atoms with E-state index in [9.17, 15) is 0 Å². The van der Waals surface area contributed by atoms with Crippen molar-refractivity contribution in [2.45, 2.75) is 19.4 Å². The number of hydrogen-bond donors (Lipinski definition) is 2. The summed E-state index contributed by atoms with van der Waals surface area (Å²) in [7, 11) is 0. The summed E-state index contributed by atoms with van der Waals surface area (Å²) in [6, 6.07) is 2.03. The summed E-state index contributed by atoms with van der Waals surface area (Å²) in [5, 5.41) is 0. The van der Waals surface area contributed by atoms with Crippen LogP contribution in [0.4, 0.5) is 0 Å². The minimum absolute atomic E-state index is 0.0872. The van der Waals surface area contributed by atoms with Crippen molar-refractivity contribution in [1.29, 1.82) is 0 Å². The van der Waals surface area contributed by atoms with Crippen molar-refractivity contribution in [1.82, 2.24) is 10.4 Å². The van der Waals surface area contributed by atoms with Crippen molar-refractivity contribution in [3.8, 4) is 0 Å². The van der Waals surface area contributed by atoms with Gasteiger partial charge in [-0.05, 0) is 13.0 Å². The average Bonchev–Trinajstić information content (AvgIpc) is 2.85. The first-order valence-corrected chi connectivity index (χ1v) is 5.56. The van der Waals surface area contributed by atoms with E-state index in [1.165, 1.54) is 4.88 Å². The number of thiazole rings is 1. The van der Waals surface area contributed by atoms with Gasteiger partial charge in [0, 0.05) is 23.1 Å². The highest BCUT2D eigenvalue weighted by Gasteiger charge is 2.15. The molecule has 0 radical (unpaired) electrons. The first kappa shape index (κ1) is 10.4. The van der Waals surface area contributed by atoms with Gasteiger partial charge in [-0.1, -0.05) is 0 Å². The van der Waals surface area contributed by atoms with Crippen LogP contribution in [0.25, 0.3) is 0 Å². The average molecular weight is 223 g/mol. The number of hydrazine groups is 1. The van der Waals surface area contributed by atoms with Gasteiger partial charge in [0.2, 0.25) is 0 Å². The van der Waals surface area contributed by atoms with Crippen LogP contribution in [0.15, 0.2) is 28.5 Å². The molecule has 1 atom stereocenters. The Labute approximate surface area is 92.1 Å². The molecule has 0 aliphatic rings. The maximum absolute atomic E-state index is 5.54. The first-order valence-electron chi connectivity index (χ1n) is 4.68.